The number of halogens is 2. The van der Waals surface area contributed by atoms with E-state index in [1.54, 1.807) is 45.0 Å². The molecule has 11 heteroatoms. The van der Waals surface area contributed by atoms with Gasteiger partial charge in [0.25, 0.3) is 0 Å². The lowest BCUT2D eigenvalue weighted by molar-refractivity contribution is -0.139. The number of sulfonamides is 1. The summed E-state index contributed by atoms with van der Waals surface area (Å²) in [5.74, 6) is -1.27. The van der Waals surface area contributed by atoms with E-state index in [2.05, 4.69) is 5.32 Å². The van der Waals surface area contributed by atoms with Crippen LogP contribution in [0.4, 0.5) is 5.69 Å². The molecule has 0 unspecified atom stereocenters. The van der Waals surface area contributed by atoms with Crippen LogP contribution < -0.4 is 9.62 Å². The number of anilines is 1. The quantitative estimate of drug-likeness (QED) is 0.459. The van der Waals surface area contributed by atoms with E-state index >= 15 is 0 Å². The number of nitrogens with one attached hydrogen (secondary N) is 1. The van der Waals surface area contributed by atoms with Gasteiger partial charge in [-0.2, -0.15) is 0 Å². The van der Waals surface area contributed by atoms with E-state index in [4.69, 9.17) is 23.2 Å². The Hall–Kier alpha value is -2.62. The first-order valence-electron chi connectivity index (χ1n) is 10.8. The molecule has 8 nitrogen and oxygen atoms in total. The van der Waals surface area contributed by atoms with Gasteiger partial charge < -0.3 is 10.2 Å². The lowest BCUT2D eigenvalue weighted by atomic mass is 10.1. The van der Waals surface area contributed by atoms with Gasteiger partial charge in [-0.05, 0) is 57.5 Å². The van der Waals surface area contributed by atoms with Crippen LogP contribution in [-0.4, -0.2) is 55.8 Å². The average molecular weight is 542 g/mol. The zero-order valence-electron chi connectivity index (χ0n) is 20.2. The Morgan fingerprint density at radius 3 is 2.23 bits per heavy atom. The third-order valence-corrected chi connectivity index (χ3v) is 6.90. The Balaban J connectivity index is 2.46. The first-order chi connectivity index (χ1) is 16.2. The zero-order chi connectivity index (χ0) is 26.5. The number of carbonyl (C=O) groups is 3. The molecule has 0 heterocycles. The number of Topliss-reactive ketones (excluding diaryl/α,β-unsaturated/α-hetero) is 1. The van der Waals surface area contributed by atoms with Crippen molar-refractivity contribution in [1.29, 1.82) is 0 Å². The monoisotopic (exact) mass is 541 g/mol. The third kappa shape index (κ3) is 7.95. The molecule has 1 N–H and O–H groups in total. The van der Waals surface area contributed by atoms with Crippen LogP contribution in [0, 0.1) is 0 Å². The van der Waals surface area contributed by atoms with Gasteiger partial charge in [0.2, 0.25) is 21.8 Å². The fraction of sp³-hybridized carbons (Fsp3) is 0.375. The van der Waals surface area contributed by atoms with Gasteiger partial charge >= 0.3 is 0 Å². The second kappa shape index (κ2) is 11.9. The van der Waals surface area contributed by atoms with Gasteiger partial charge in [0.1, 0.15) is 12.6 Å². The van der Waals surface area contributed by atoms with Crippen LogP contribution in [0.3, 0.4) is 0 Å². The summed E-state index contributed by atoms with van der Waals surface area (Å²) >= 11 is 12.3. The Morgan fingerprint density at radius 2 is 1.69 bits per heavy atom. The molecule has 0 saturated carbocycles. The van der Waals surface area contributed by atoms with Crippen LogP contribution in [0.2, 0.25) is 10.0 Å². The Labute approximate surface area is 216 Å². The highest BCUT2D eigenvalue weighted by molar-refractivity contribution is 7.92. The molecule has 0 aliphatic heterocycles. The molecule has 2 rings (SSSR count). The molecule has 0 radical (unpaired) electrons. The summed E-state index contributed by atoms with van der Waals surface area (Å²) in [7, 11) is -3.91. The van der Waals surface area contributed by atoms with E-state index in [1.807, 2.05) is 0 Å². The van der Waals surface area contributed by atoms with Crippen LogP contribution in [-0.2, 0) is 26.2 Å². The summed E-state index contributed by atoms with van der Waals surface area (Å²) in [6.07, 6.45) is 0.968. The molecule has 0 fully saturated rings. The highest BCUT2D eigenvalue weighted by Gasteiger charge is 2.30. The number of hydrogen-bond acceptors (Lipinski definition) is 5. The van der Waals surface area contributed by atoms with Crippen molar-refractivity contribution < 1.29 is 22.8 Å². The molecule has 1 atom stereocenters. The van der Waals surface area contributed by atoms with Crippen LogP contribution in [0.25, 0.3) is 0 Å². The molecule has 0 bridgehead atoms. The number of nitrogens with zero attached hydrogens (tertiary/aromatic N) is 2. The number of amides is 2. The van der Waals surface area contributed by atoms with E-state index in [-0.39, 0.29) is 24.1 Å². The number of rotatable bonds is 10. The molecule has 0 spiro atoms. The Kier molecular flexibility index (Phi) is 9.71. The molecule has 2 amide bonds. The number of carbonyl (C=O) groups excluding carboxylic acids is 3. The van der Waals surface area contributed by atoms with E-state index in [9.17, 15) is 22.8 Å². The number of benzene rings is 2. The Morgan fingerprint density at radius 1 is 1.03 bits per heavy atom. The predicted octanol–water partition coefficient (Wildman–Crippen LogP) is 3.90. The van der Waals surface area contributed by atoms with Crippen molar-refractivity contribution in [1.82, 2.24) is 10.2 Å². The third-order valence-electron chi connectivity index (χ3n) is 5.17. The minimum Gasteiger partial charge on any atom is -0.352 e. The smallest absolute Gasteiger partial charge is 0.244 e. The van der Waals surface area contributed by atoms with Gasteiger partial charge in [-0.25, -0.2) is 8.42 Å². The average Bonchev–Trinajstić information content (AvgIpc) is 2.75. The summed E-state index contributed by atoms with van der Waals surface area (Å²) in [5.41, 5.74) is 1.01. The van der Waals surface area contributed by atoms with E-state index in [0.717, 1.165) is 10.6 Å². The van der Waals surface area contributed by atoms with Gasteiger partial charge in [-0.3, -0.25) is 18.7 Å². The molecule has 190 valence electrons. The number of ketones is 1. The van der Waals surface area contributed by atoms with Crippen molar-refractivity contribution in [3.63, 3.8) is 0 Å². The zero-order valence-corrected chi connectivity index (χ0v) is 22.5. The topological polar surface area (TPSA) is 104 Å². The van der Waals surface area contributed by atoms with Crippen LogP contribution in [0.5, 0.6) is 0 Å². The molecule has 0 aliphatic carbocycles. The van der Waals surface area contributed by atoms with E-state index in [1.165, 1.54) is 30.0 Å². The first-order valence-corrected chi connectivity index (χ1v) is 13.4. The SMILES string of the molecule is CC(=O)c1cccc(N(CC(=O)N(Cc2ccc(Cl)cc2Cl)[C@H](C)C(=O)NC(C)C)S(C)(=O)=O)c1. The molecular weight excluding hydrogens is 513 g/mol. The summed E-state index contributed by atoms with van der Waals surface area (Å²) in [4.78, 5) is 39.3. The summed E-state index contributed by atoms with van der Waals surface area (Å²) < 4.78 is 26.2. The number of hydrogen-bond donors (Lipinski definition) is 1. The standard InChI is InChI=1S/C24H29Cl2N3O5S/c1-15(2)27-24(32)16(3)28(13-19-9-10-20(25)12-22(19)26)23(31)14-29(35(5,33)34)21-8-6-7-18(11-21)17(4)30/h6-12,15-16H,13-14H2,1-5H3,(H,27,32)/t16-/m1/s1. The fourth-order valence-electron chi connectivity index (χ4n) is 3.31. The molecule has 2 aromatic carbocycles. The molecule has 0 aromatic heterocycles. The normalized spacial score (nSPS) is 12.2. The van der Waals surface area contributed by atoms with Crippen LogP contribution in [0.15, 0.2) is 42.5 Å². The van der Waals surface area contributed by atoms with Crippen molar-refractivity contribution in [3.05, 3.63) is 63.6 Å². The van der Waals surface area contributed by atoms with Gasteiger partial charge in [0.05, 0.1) is 11.9 Å². The van der Waals surface area contributed by atoms with Crippen molar-refractivity contribution in [3.8, 4) is 0 Å². The molecule has 0 aliphatic rings. The molecular formula is C24H29Cl2N3O5S. The maximum absolute atomic E-state index is 13.5. The lowest BCUT2D eigenvalue weighted by Gasteiger charge is -2.32. The second-order valence-corrected chi connectivity index (χ2v) is 11.2. The minimum atomic E-state index is -3.91. The summed E-state index contributed by atoms with van der Waals surface area (Å²) in [6, 6.07) is 9.69. The predicted molar refractivity (Wildman–Crippen MR) is 138 cm³/mol. The molecule has 35 heavy (non-hydrogen) atoms. The lowest BCUT2D eigenvalue weighted by Crippen LogP contribution is -2.52. The highest BCUT2D eigenvalue weighted by Crippen LogP contribution is 2.24. The van der Waals surface area contributed by atoms with Crippen LogP contribution >= 0.6 is 23.2 Å². The highest BCUT2D eigenvalue weighted by atomic mass is 35.5. The van der Waals surface area contributed by atoms with Crippen LogP contribution in [0.1, 0.15) is 43.6 Å². The van der Waals surface area contributed by atoms with Crippen molar-refractivity contribution in [2.45, 2.75) is 46.3 Å². The largest absolute Gasteiger partial charge is 0.352 e. The van der Waals surface area contributed by atoms with E-state index < -0.39 is 34.4 Å². The van der Waals surface area contributed by atoms with Gasteiger partial charge in [0, 0.05) is 28.2 Å². The van der Waals surface area contributed by atoms with Gasteiger partial charge in [-0.1, -0.05) is 41.4 Å². The maximum Gasteiger partial charge on any atom is 0.244 e. The molecule has 0 saturated heterocycles. The summed E-state index contributed by atoms with van der Waals surface area (Å²) in [6.45, 7) is 5.88. The van der Waals surface area contributed by atoms with Crippen molar-refractivity contribution >= 4 is 56.5 Å². The Bertz CT molecular complexity index is 1220. The van der Waals surface area contributed by atoms with Crippen molar-refractivity contribution in [2.24, 2.45) is 0 Å². The first kappa shape index (κ1) is 28.6. The van der Waals surface area contributed by atoms with Gasteiger partial charge in [-0.15, -0.1) is 0 Å². The second-order valence-electron chi connectivity index (χ2n) is 8.47. The summed E-state index contributed by atoms with van der Waals surface area (Å²) in [5, 5.41) is 3.49. The van der Waals surface area contributed by atoms with Gasteiger partial charge in [0.15, 0.2) is 5.78 Å². The fourth-order valence-corrected chi connectivity index (χ4v) is 4.62. The van der Waals surface area contributed by atoms with Crippen molar-refractivity contribution in [2.75, 3.05) is 17.1 Å². The minimum absolute atomic E-state index is 0.0490. The van der Waals surface area contributed by atoms with E-state index in [0.29, 0.717) is 21.2 Å². The molecule has 2 aromatic rings. The maximum atomic E-state index is 13.5.